The van der Waals surface area contributed by atoms with E-state index < -0.39 is 0 Å². The molecule has 0 unspecified atom stereocenters. The average Bonchev–Trinajstić information content (AvgIpc) is 3.37. The molecule has 5 rings (SSSR count). The van der Waals surface area contributed by atoms with Crippen molar-refractivity contribution in [3.05, 3.63) is 65.5 Å². The van der Waals surface area contributed by atoms with Crippen LogP contribution in [0, 0.1) is 5.92 Å². The lowest BCUT2D eigenvalue weighted by atomic mass is 10.1. The number of allylic oxidation sites excluding steroid dienone is 1. The van der Waals surface area contributed by atoms with Crippen LogP contribution in [0.2, 0.25) is 0 Å². The van der Waals surface area contributed by atoms with Gasteiger partial charge in [-0.05, 0) is 37.1 Å². The molecule has 2 aromatic carbocycles. The highest BCUT2D eigenvalue weighted by molar-refractivity contribution is 6.15. The molecule has 1 aliphatic heterocycles. The molecule has 1 N–H and O–H groups in total. The fraction of sp³-hybridized carbons (Fsp3) is 0.143. The third-order valence-electron chi connectivity index (χ3n) is 4.68. The lowest BCUT2D eigenvalue weighted by molar-refractivity contribution is -0.135. The molecule has 1 aromatic heterocycles. The molecule has 128 valence electrons. The number of fused-ring (bicyclic) bond motifs is 2. The number of carbonyl (C=O) groups is 2. The number of H-pyrrole nitrogens is 1. The van der Waals surface area contributed by atoms with Crippen molar-refractivity contribution in [1.29, 1.82) is 0 Å². The summed E-state index contributed by atoms with van der Waals surface area (Å²) >= 11 is 0. The Morgan fingerprint density at radius 1 is 1.19 bits per heavy atom. The van der Waals surface area contributed by atoms with Gasteiger partial charge < -0.3 is 14.5 Å². The Morgan fingerprint density at radius 3 is 2.88 bits per heavy atom. The molecule has 1 aliphatic carbocycles. The van der Waals surface area contributed by atoms with Gasteiger partial charge in [0.25, 0.3) is 0 Å². The number of hydrogen-bond donors (Lipinski definition) is 1. The van der Waals surface area contributed by atoms with E-state index in [4.69, 9.17) is 9.47 Å². The van der Waals surface area contributed by atoms with Gasteiger partial charge in [-0.1, -0.05) is 18.2 Å². The highest BCUT2D eigenvalue weighted by Crippen LogP contribution is 2.37. The van der Waals surface area contributed by atoms with E-state index in [0.29, 0.717) is 17.1 Å². The van der Waals surface area contributed by atoms with E-state index in [1.54, 1.807) is 24.3 Å². The maximum absolute atomic E-state index is 12.6. The number of hydrogen-bond acceptors (Lipinski definition) is 4. The number of benzene rings is 2. The number of aromatic amines is 1. The van der Waals surface area contributed by atoms with Crippen molar-refractivity contribution in [3.8, 4) is 11.5 Å². The molecule has 2 aliphatic rings. The Bertz CT molecular complexity index is 1090. The van der Waals surface area contributed by atoms with E-state index >= 15 is 0 Å². The topological polar surface area (TPSA) is 68.4 Å². The number of nitrogens with one attached hydrogen (secondary N) is 1. The van der Waals surface area contributed by atoms with Crippen LogP contribution in [0.4, 0.5) is 0 Å². The Kier molecular flexibility index (Phi) is 3.22. The first-order chi connectivity index (χ1) is 12.7. The number of aromatic nitrogens is 1. The van der Waals surface area contributed by atoms with Gasteiger partial charge >= 0.3 is 5.97 Å². The Labute approximate surface area is 149 Å². The standard InChI is InChI=1S/C21H15NO4/c23-20-16-8-7-14(25-21(24)12-5-6-12)10-18(16)26-19(20)9-13-11-22-17-4-2-1-3-15(13)17/h1-4,7-12,22H,5-6H2/b19-9+. The van der Waals surface area contributed by atoms with Crippen LogP contribution in [0.3, 0.4) is 0 Å². The number of ketones is 1. The van der Waals surface area contributed by atoms with Crippen LogP contribution in [0.1, 0.15) is 28.8 Å². The van der Waals surface area contributed by atoms with E-state index in [1.165, 1.54) is 0 Å². The zero-order valence-electron chi connectivity index (χ0n) is 13.8. The first kappa shape index (κ1) is 15.0. The van der Waals surface area contributed by atoms with E-state index in [9.17, 15) is 9.59 Å². The van der Waals surface area contributed by atoms with Crippen molar-refractivity contribution in [2.75, 3.05) is 0 Å². The van der Waals surface area contributed by atoms with Gasteiger partial charge in [0.05, 0.1) is 11.5 Å². The highest BCUT2D eigenvalue weighted by atomic mass is 16.5. The van der Waals surface area contributed by atoms with Gasteiger partial charge in [0, 0.05) is 28.7 Å². The minimum absolute atomic E-state index is 0.0168. The summed E-state index contributed by atoms with van der Waals surface area (Å²) < 4.78 is 11.1. The number of Topliss-reactive ketones (excluding diaryl/α,β-unsaturated/α-hetero) is 1. The van der Waals surface area contributed by atoms with E-state index in [-0.39, 0.29) is 23.4 Å². The first-order valence-corrected chi connectivity index (χ1v) is 8.55. The molecule has 1 saturated carbocycles. The van der Waals surface area contributed by atoms with Gasteiger partial charge in [-0.2, -0.15) is 0 Å². The number of ether oxygens (including phenoxy) is 2. The van der Waals surface area contributed by atoms with Gasteiger partial charge in [-0.3, -0.25) is 9.59 Å². The normalized spacial score (nSPS) is 17.4. The summed E-state index contributed by atoms with van der Waals surface area (Å²) in [6.45, 7) is 0. The summed E-state index contributed by atoms with van der Waals surface area (Å²) in [6.07, 6.45) is 5.35. The first-order valence-electron chi connectivity index (χ1n) is 8.55. The minimum atomic E-state index is -0.219. The molecule has 0 radical (unpaired) electrons. The second-order valence-corrected chi connectivity index (χ2v) is 6.58. The van der Waals surface area contributed by atoms with Crippen LogP contribution in [0.25, 0.3) is 17.0 Å². The lowest BCUT2D eigenvalue weighted by Crippen LogP contribution is -2.09. The van der Waals surface area contributed by atoms with Crippen molar-refractivity contribution in [2.24, 2.45) is 5.92 Å². The largest absolute Gasteiger partial charge is 0.452 e. The van der Waals surface area contributed by atoms with Crippen LogP contribution in [0.5, 0.6) is 11.5 Å². The molecule has 26 heavy (non-hydrogen) atoms. The monoisotopic (exact) mass is 345 g/mol. The second-order valence-electron chi connectivity index (χ2n) is 6.58. The van der Waals surface area contributed by atoms with Crippen LogP contribution < -0.4 is 9.47 Å². The number of rotatable bonds is 3. The molecular formula is C21H15NO4. The molecule has 1 fully saturated rings. The average molecular weight is 345 g/mol. The molecule has 0 spiro atoms. The summed E-state index contributed by atoms with van der Waals surface area (Å²) in [6, 6.07) is 12.7. The summed E-state index contributed by atoms with van der Waals surface area (Å²) in [5.41, 5.74) is 2.36. The minimum Gasteiger partial charge on any atom is -0.452 e. The van der Waals surface area contributed by atoms with Gasteiger partial charge in [0.1, 0.15) is 11.5 Å². The highest BCUT2D eigenvalue weighted by Gasteiger charge is 2.33. The van der Waals surface area contributed by atoms with Crippen molar-refractivity contribution in [2.45, 2.75) is 12.8 Å². The number of esters is 1. The van der Waals surface area contributed by atoms with Crippen molar-refractivity contribution >= 4 is 28.7 Å². The third-order valence-corrected chi connectivity index (χ3v) is 4.68. The van der Waals surface area contributed by atoms with Crippen LogP contribution in [-0.2, 0) is 4.79 Å². The van der Waals surface area contributed by atoms with E-state index in [2.05, 4.69) is 4.98 Å². The van der Waals surface area contributed by atoms with Gasteiger partial charge in [0.15, 0.2) is 5.76 Å². The van der Waals surface area contributed by atoms with E-state index in [0.717, 1.165) is 29.3 Å². The van der Waals surface area contributed by atoms with Crippen LogP contribution >= 0.6 is 0 Å². The third kappa shape index (κ3) is 2.49. The SMILES string of the molecule is O=C1/C(=C\c2c[nH]c3ccccc23)Oc2cc(OC(=O)C3CC3)ccc21. The summed E-state index contributed by atoms with van der Waals surface area (Å²) in [4.78, 5) is 27.6. The molecule has 0 atom stereocenters. The Hall–Kier alpha value is -3.34. The molecular weight excluding hydrogens is 330 g/mol. The number of carbonyl (C=O) groups excluding carboxylic acids is 2. The molecule has 5 nitrogen and oxygen atoms in total. The number of para-hydroxylation sites is 1. The fourth-order valence-corrected chi connectivity index (χ4v) is 3.10. The molecule has 5 heteroatoms. The molecule has 0 saturated heterocycles. The summed E-state index contributed by atoms with van der Waals surface area (Å²) in [5.74, 6) is 0.705. The predicted molar refractivity (Wildman–Crippen MR) is 96.0 cm³/mol. The molecule has 2 heterocycles. The van der Waals surface area contributed by atoms with Crippen molar-refractivity contribution in [3.63, 3.8) is 0 Å². The zero-order valence-corrected chi connectivity index (χ0v) is 13.8. The maximum Gasteiger partial charge on any atom is 0.314 e. The van der Waals surface area contributed by atoms with Gasteiger partial charge in [-0.25, -0.2) is 0 Å². The lowest BCUT2D eigenvalue weighted by Gasteiger charge is -2.04. The van der Waals surface area contributed by atoms with Gasteiger partial charge in [-0.15, -0.1) is 0 Å². The Morgan fingerprint density at radius 2 is 2.04 bits per heavy atom. The zero-order chi connectivity index (χ0) is 17.7. The molecule has 0 bridgehead atoms. The summed E-state index contributed by atoms with van der Waals surface area (Å²) in [5, 5.41) is 1.02. The molecule has 0 amide bonds. The van der Waals surface area contributed by atoms with Crippen molar-refractivity contribution < 1.29 is 19.1 Å². The quantitative estimate of drug-likeness (QED) is 0.441. The summed E-state index contributed by atoms with van der Waals surface area (Å²) in [7, 11) is 0. The predicted octanol–water partition coefficient (Wildman–Crippen LogP) is 4.10. The second kappa shape index (κ2) is 5.59. The maximum atomic E-state index is 12.6. The molecule has 3 aromatic rings. The van der Waals surface area contributed by atoms with Crippen LogP contribution in [-0.4, -0.2) is 16.7 Å². The van der Waals surface area contributed by atoms with E-state index in [1.807, 2.05) is 30.5 Å². The van der Waals surface area contributed by atoms with Crippen LogP contribution in [0.15, 0.2) is 54.4 Å². The fourth-order valence-electron chi connectivity index (χ4n) is 3.10. The van der Waals surface area contributed by atoms with Gasteiger partial charge in [0.2, 0.25) is 5.78 Å². The van der Waals surface area contributed by atoms with Crippen molar-refractivity contribution in [1.82, 2.24) is 4.98 Å². The Balaban J connectivity index is 1.45. The smallest absolute Gasteiger partial charge is 0.314 e.